The van der Waals surface area contributed by atoms with E-state index in [1.807, 2.05) is 63.2 Å². The van der Waals surface area contributed by atoms with Crippen LogP contribution in [0.15, 0.2) is 30.3 Å². The van der Waals surface area contributed by atoms with Gasteiger partial charge in [0, 0.05) is 49.6 Å². The average molecular weight is 813 g/mol. The van der Waals surface area contributed by atoms with E-state index in [2.05, 4.69) is 15.5 Å². The molecule has 1 N–H and O–H groups in total. The number of esters is 1. The molecule has 3 saturated heterocycles. The van der Waals surface area contributed by atoms with E-state index in [9.17, 15) is 24.3 Å². The van der Waals surface area contributed by atoms with Crippen LogP contribution in [0.5, 0.6) is 0 Å². The van der Waals surface area contributed by atoms with Crippen LogP contribution >= 0.6 is 0 Å². The molecule has 58 heavy (non-hydrogen) atoms. The van der Waals surface area contributed by atoms with Gasteiger partial charge in [-0.2, -0.15) is 0 Å². The van der Waals surface area contributed by atoms with Crippen molar-refractivity contribution in [3.63, 3.8) is 0 Å². The lowest BCUT2D eigenvalue weighted by Crippen LogP contribution is -2.60. The Kier molecular flexibility index (Phi) is 14.5. The number of aliphatic hydroxyl groups excluding tert-OH is 1. The number of amides is 1. The Morgan fingerprint density at radius 3 is 2.28 bits per heavy atom. The summed E-state index contributed by atoms with van der Waals surface area (Å²) in [7, 11) is 5.23. The van der Waals surface area contributed by atoms with E-state index in [1.165, 1.54) is 14.0 Å². The first-order valence-corrected chi connectivity index (χ1v) is 20.7. The molecule has 1 aromatic carbocycles. The number of carbonyl (C=O) groups excluding carboxylic acids is 4. The number of fused-ring (bicyclic) bond motifs is 1. The quantitative estimate of drug-likeness (QED) is 0.192. The maximum atomic E-state index is 14.7. The Labute approximate surface area is 342 Å². The first-order chi connectivity index (χ1) is 27.4. The highest BCUT2D eigenvalue weighted by Crippen LogP contribution is 2.43. The number of hydrogen-bond acceptors (Lipinski definition) is 14. The third kappa shape index (κ3) is 9.15. The van der Waals surface area contributed by atoms with Gasteiger partial charge in [-0.3, -0.25) is 14.4 Å². The van der Waals surface area contributed by atoms with Crippen molar-refractivity contribution in [2.75, 3.05) is 27.7 Å². The summed E-state index contributed by atoms with van der Waals surface area (Å²) in [6, 6.07) is 8.52. The normalized spacial score (nSPS) is 36.7. The van der Waals surface area contributed by atoms with E-state index in [1.54, 1.807) is 44.2 Å². The largest absolute Gasteiger partial charge is 0.458 e. The Bertz CT molecular complexity index is 1740. The van der Waals surface area contributed by atoms with Crippen molar-refractivity contribution in [2.45, 2.75) is 148 Å². The number of carbonyl (C=O) groups is 4. The number of methoxy groups -OCH3 is 1. The van der Waals surface area contributed by atoms with Gasteiger partial charge in [0.2, 0.25) is 0 Å². The Morgan fingerprint density at radius 1 is 0.966 bits per heavy atom. The number of likely N-dealkylation sites (N-methyl/N-ethyl adjacent to an activating group) is 1. The number of aryl methyl sites for hydroxylation is 1. The molecule has 3 aliphatic rings. The molecule has 322 valence electrons. The van der Waals surface area contributed by atoms with Crippen molar-refractivity contribution in [1.82, 2.24) is 30.0 Å². The van der Waals surface area contributed by atoms with Gasteiger partial charge in [0.05, 0.1) is 23.9 Å². The fourth-order valence-corrected chi connectivity index (χ4v) is 9.40. The Balaban J connectivity index is 1.45. The highest BCUT2D eigenvalue weighted by atomic mass is 16.7. The third-order valence-electron chi connectivity index (χ3n) is 12.7. The number of ether oxygens (including phenoxy) is 5. The number of Topliss-reactive ketones (excluding diaryl/α,β-unsaturated/α-hetero) is 2. The van der Waals surface area contributed by atoms with Crippen LogP contribution in [0.25, 0.3) is 11.4 Å². The fourth-order valence-electron chi connectivity index (χ4n) is 9.40. The van der Waals surface area contributed by atoms with Crippen LogP contribution in [0.4, 0.5) is 4.79 Å². The number of tetrazole rings is 1. The van der Waals surface area contributed by atoms with Crippen molar-refractivity contribution in [2.24, 2.45) is 23.7 Å². The minimum absolute atomic E-state index is 0.119. The molecule has 16 heteroatoms. The molecule has 1 amide bonds. The number of hydrogen-bond donors (Lipinski definition) is 1. The molecule has 0 spiro atoms. The van der Waals surface area contributed by atoms with Gasteiger partial charge in [0.25, 0.3) is 0 Å². The summed E-state index contributed by atoms with van der Waals surface area (Å²) in [6.07, 6.45) is -2.99. The number of unbranched alkanes of at least 4 members (excludes halogenated alkanes) is 1. The number of aliphatic hydroxyl groups is 1. The van der Waals surface area contributed by atoms with Gasteiger partial charge in [0.1, 0.15) is 23.9 Å². The minimum atomic E-state index is -1.42. The number of nitrogens with zero attached hydrogens (tertiary/aromatic N) is 6. The van der Waals surface area contributed by atoms with Gasteiger partial charge >= 0.3 is 12.1 Å². The van der Waals surface area contributed by atoms with Crippen molar-refractivity contribution >= 4 is 23.6 Å². The molecule has 4 heterocycles. The summed E-state index contributed by atoms with van der Waals surface area (Å²) in [5, 5.41) is 23.7. The number of rotatable bonds is 11. The van der Waals surface area contributed by atoms with E-state index in [0.717, 1.165) is 5.56 Å². The van der Waals surface area contributed by atoms with Gasteiger partial charge in [-0.05, 0) is 84.3 Å². The maximum absolute atomic E-state index is 14.7. The first kappa shape index (κ1) is 45.3. The lowest BCUT2D eigenvalue weighted by atomic mass is 9.73. The maximum Gasteiger partial charge on any atom is 0.410 e. The molecular formula is C42H64N6O10. The molecule has 16 nitrogen and oxygen atoms in total. The number of ketones is 2. The monoisotopic (exact) mass is 812 g/mol. The molecule has 0 bridgehead atoms. The molecular weight excluding hydrogens is 748 g/mol. The third-order valence-corrected chi connectivity index (χ3v) is 12.7. The van der Waals surface area contributed by atoms with Crippen LogP contribution in [0.3, 0.4) is 0 Å². The molecule has 5 rings (SSSR count). The number of cyclic esters (lactones) is 1. The molecule has 0 unspecified atom stereocenters. The van der Waals surface area contributed by atoms with Gasteiger partial charge < -0.3 is 38.6 Å². The van der Waals surface area contributed by atoms with Gasteiger partial charge in [-0.25, -0.2) is 9.48 Å². The van der Waals surface area contributed by atoms with E-state index in [0.29, 0.717) is 31.6 Å². The smallest absolute Gasteiger partial charge is 0.410 e. The summed E-state index contributed by atoms with van der Waals surface area (Å²) in [4.78, 5) is 60.4. The molecule has 3 aliphatic heterocycles. The highest BCUT2D eigenvalue weighted by molar-refractivity contribution is 6.00. The van der Waals surface area contributed by atoms with Gasteiger partial charge in [0.15, 0.2) is 23.5 Å². The van der Waals surface area contributed by atoms with Crippen molar-refractivity contribution in [3.8, 4) is 11.4 Å². The van der Waals surface area contributed by atoms with Gasteiger partial charge in [-0.1, -0.05) is 58.0 Å². The van der Waals surface area contributed by atoms with Crippen LogP contribution in [0.2, 0.25) is 0 Å². The minimum Gasteiger partial charge on any atom is -0.458 e. The second-order valence-electron chi connectivity index (χ2n) is 17.2. The second kappa shape index (κ2) is 18.6. The molecule has 1 aromatic heterocycles. The Hall–Kier alpha value is -3.83. The molecule has 0 aliphatic carbocycles. The van der Waals surface area contributed by atoms with Crippen molar-refractivity contribution in [3.05, 3.63) is 30.3 Å². The van der Waals surface area contributed by atoms with Crippen LogP contribution < -0.4 is 0 Å². The molecule has 13 atom stereocenters. The standard InChI is InChI=1S/C42H64N6O10/c1-12-31-42(8)35(47(40(53)58-42)20-16-17-21-48-37(43-44-45-48)29-18-14-13-15-19-29)26(4)32(49)24(2)23-41(7,54-11)36(27(5)33(50)28(6)38(52)56-31)57-39-34(51)30(46(9)10)22-25(3)55-39/h13-15,18-19,24-28,30-31,34-36,39,51H,12,16-17,20-23H2,1-11H3/t24-,25-,26+,27+,28-,30+,31-,34-,35-,36-,39+,41-,42-/m1/s1. The average Bonchev–Trinajstić information content (AvgIpc) is 3.77. The van der Waals surface area contributed by atoms with Crippen LogP contribution in [-0.4, -0.2) is 140 Å². The predicted molar refractivity (Wildman–Crippen MR) is 212 cm³/mol. The van der Waals surface area contributed by atoms with E-state index in [-0.39, 0.29) is 37.3 Å². The van der Waals surface area contributed by atoms with Crippen molar-refractivity contribution < 1.29 is 48.0 Å². The van der Waals surface area contributed by atoms with E-state index < -0.39 is 83.4 Å². The Morgan fingerprint density at radius 2 is 1.64 bits per heavy atom. The summed E-state index contributed by atoms with van der Waals surface area (Å²) in [5.41, 5.74) is -1.82. The second-order valence-corrected chi connectivity index (χ2v) is 17.2. The zero-order valence-electron chi connectivity index (χ0n) is 36.0. The van der Waals surface area contributed by atoms with Crippen LogP contribution in [0, 0.1) is 23.7 Å². The van der Waals surface area contributed by atoms with Crippen LogP contribution in [-0.2, 0) is 44.6 Å². The molecule has 3 fully saturated rings. The summed E-state index contributed by atoms with van der Waals surface area (Å²) in [6.45, 7) is 14.7. The predicted octanol–water partition coefficient (Wildman–Crippen LogP) is 4.32. The topological polar surface area (TPSA) is 185 Å². The lowest BCUT2D eigenvalue weighted by Gasteiger charge is -2.47. The van der Waals surface area contributed by atoms with Gasteiger partial charge in [-0.15, -0.1) is 5.10 Å². The molecule has 0 radical (unpaired) electrons. The summed E-state index contributed by atoms with van der Waals surface area (Å²) in [5.74, 6) is -4.40. The number of benzene rings is 1. The SMILES string of the molecule is CC[C@H]1OC(=O)[C@H](C)C(=O)[C@H](C)[C@@H](O[C@@H]2O[C@H](C)C[C@H](N(C)C)[C@H]2O)[C@](C)(OC)C[C@@H](C)C(=O)[C@H](C)[C@H]2N(CCCCn3nnnc3-c3ccccc3)C(=O)O[C@]12C. The zero-order valence-corrected chi connectivity index (χ0v) is 36.0. The number of aromatic nitrogens is 4. The molecule has 2 aromatic rings. The van der Waals surface area contributed by atoms with E-state index >= 15 is 0 Å². The van der Waals surface area contributed by atoms with Crippen molar-refractivity contribution in [1.29, 1.82) is 0 Å². The highest BCUT2D eigenvalue weighted by Gasteiger charge is 2.60. The molecule has 0 saturated carbocycles. The zero-order chi connectivity index (χ0) is 42.7. The van der Waals surface area contributed by atoms with Crippen LogP contribution in [0.1, 0.15) is 87.5 Å². The lowest BCUT2D eigenvalue weighted by molar-refractivity contribution is -0.295. The fraction of sp³-hybridized carbons (Fsp3) is 0.738. The van der Waals surface area contributed by atoms with E-state index in [4.69, 9.17) is 23.7 Å². The summed E-state index contributed by atoms with van der Waals surface area (Å²) < 4.78 is 32.9. The first-order valence-electron chi connectivity index (χ1n) is 20.7. The summed E-state index contributed by atoms with van der Waals surface area (Å²) >= 11 is 0.